The minimum absolute atomic E-state index is 0.131. The summed E-state index contributed by atoms with van der Waals surface area (Å²) in [5, 5.41) is 20.2. The van der Waals surface area contributed by atoms with Gasteiger partial charge in [-0.2, -0.15) is 5.26 Å². The molecule has 0 fully saturated rings. The van der Waals surface area contributed by atoms with Crippen LogP contribution >= 0.6 is 0 Å². The molecule has 0 aliphatic rings. The van der Waals surface area contributed by atoms with Crippen LogP contribution in [0.3, 0.4) is 0 Å². The van der Waals surface area contributed by atoms with E-state index >= 15 is 0 Å². The highest BCUT2D eigenvalue weighted by Gasteiger charge is 2.17. The van der Waals surface area contributed by atoms with Crippen molar-refractivity contribution in [3.8, 4) is 17.6 Å². The molecule has 0 heterocycles. The molecule has 0 aliphatic heterocycles. The summed E-state index contributed by atoms with van der Waals surface area (Å²) in [6, 6.07) is 9.46. The molecule has 0 N–H and O–H groups in total. The second-order valence-electron chi connectivity index (χ2n) is 5.62. The average molecular weight is 400 g/mol. The third-order valence-electron chi connectivity index (χ3n) is 3.73. The molecule has 0 bridgehead atoms. The van der Waals surface area contributed by atoms with Crippen LogP contribution in [0.2, 0.25) is 0 Å². The van der Waals surface area contributed by atoms with Crippen molar-refractivity contribution >= 4 is 17.7 Å². The largest absolute Gasteiger partial charge is 0.496 e. The highest BCUT2D eigenvalue weighted by Crippen LogP contribution is 2.30. The smallest absolute Gasteiger partial charge is 0.348 e. The Labute approximate surface area is 165 Å². The molecular weight excluding hydrogens is 383 g/mol. The molecule has 0 amide bonds. The van der Waals surface area contributed by atoms with Crippen molar-refractivity contribution in [1.82, 2.24) is 0 Å². The summed E-state index contributed by atoms with van der Waals surface area (Å²) in [6.07, 6.45) is 1.34. The molecule has 2 rings (SSSR count). The third-order valence-corrected chi connectivity index (χ3v) is 3.73. The van der Waals surface area contributed by atoms with Crippen LogP contribution in [0, 0.1) is 27.3 Å². The van der Waals surface area contributed by atoms with E-state index < -0.39 is 16.7 Å². The fourth-order valence-corrected chi connectivity index (χ4v) is 2.42. The lowest BCUT2D eigenvalue weighted by Crippen LogP contribution is -2.06. The summed E-state index contributed by atoms with van der Waals surface area (Å²) in [7, 11) is 1.43. The Kier molecular flexibility index (Phi) is 7.26. The number of methoxy groups -OCH3 is 1. The number of nitriles is 1. The van der Waals surface area contributed by atoms with Crippen molar-refractivity contribution in [3.05, 3.63) is 69.0 Å². The van der Waals surface area contributed by atoms with Crippen LogP contribution in [0.15, 0.2) is 42.0 Å². The summed E-state index contributed by atoms with van der Waals surface area (Å²) in [4.78, 5) is 22.2. The third kappa shape index (κ3) is 5.52. The van der Waals surface area contributed by atoms with Crippen molar-refractivity contribution in [2.24, 2.45) is 0 Å². The van der Waals surface area contributed by atoms with E-state index in [-0.39, 0.29) is 30.2 Å². The van der Waals surface area contributed by atoms with Gasteiger partial charge in [0.2, 0.25) is 0 Å². The number of ether oxygens (including phenoxy) is 3. The van der Waals surface area contributed by atoms with Gasteiger partial charge in [0.05, 0.1) is 18.6 Å². The van der Waals surface area contributed by atoms with Gasteiger partial charge in [-0.25, -0.2) is 9.18 Å². The number of esters is 1. The SMILES string of the molecule is CCOC(=O)C(C#N)=Cc1ccc(OC)c(COc2cc(F)ccc2[N+](=O)[O-])c1. The molecule has 0 saturated heterocycles. The van der Waals surface area contributed by atoms with E-state index in [0.29, 0.717) is 16.9 Å². The molecule has 0 spiro atoms. The Morgan fingerprint density at radius 3 is 2.66 bits per heavy atom. The van der Waals surface area contributed by atoms with Crippen molar-refractivity contribution in [2.45, 2.75) is 13.5 Å². The predicted octanol–water partition coefficient (Wildman–Crippen LogP) is 3.79. The molecule has 9 heteroatoms. The predicted molar refractivity (Wildman–Crippen MR) is 101 cm³/mol. The number of hydrogen-bond donors (Lipinski definition) is 0. The first-order valence-electron chi connectivity index (χ1n) is 8.42. The molecule has 0 radical (unpaired) electrons. The van der Waals surface area contributed by atoms with Gasteiger partial charge < -0.3 is 14.2 Å². The fraction of sp³-hybridized carbons (Fsp3) is 0.200. The Balaban J connectivity index is 2.33. The Hall–Kier alpha value is -3.93. The molecule has 0 aliphatic carbocycles. The number of nitro groups is 1. The van der Waals surface area contributed by atoms with E-state index in [1.54, 1.807) is 31.2 Å². The van der Waals surface area contributed by atoms with E-state index in [2.05, 4.69) is 0 Å². The zero-order valence-corrected chi connectivity index (χ0v) is 15.7. The summed E-state index contributed by atoms with van der Waals surface area (Å²) in [6.45, 7) is 1.59. The molecule has 0 atom stereocenters. The lowest BCUT2D eigenvalue weighted by Gasteiger charge is -2.12. The molecule has 150 valence electrons. The zero-order valence-electron chi connectivity index (χ0n) is 15.7. The van der Waals surface area contributed by atoms with E-state index in [0.717, 1.165) is 18.2 Å². The van der Waals surface area contributed by atoms with E-state index in [9.17, 15) is 19.3 Å². The van der Waals surface area contributed by atoms with Gasteiger partial charge in [-0.3, -0.25) is 10.1 Å². The molecule has 2 aromatic rings. The number of carbonyl (C=O) groups is 1. The fourth-order valence-electron chi connectivity index (χ4n) is 2.42. The van der Waals surface area contributed by atoms with Crippen LogP contribution in [0.5, 0.6) is 11.5 Å². The molecule has 2 aromatic carbocycles. The van der Waals surface area contributed by atoms with E-state index in [1.807, 2.05) is 0 Å². The second kappa shape index (κ2) is 9.85. The topological polar surface area (TPSA) is 112 Å². The van der Waals surface area contributed by atoms with Gasteiger partial charge in [0, 0.05) is 17.7 Å². The average Bonchev–Trinajstić information content (AvgIpc) is 2.70. The lowest BCUT2D eigenvalue weighted by molar-refractivity contribution is -0.386. The van der Waals surface area contributed by atoms with Crippen molar-refractivity contribution in [2.75, 3.05) is 13.7 Å². The van der Waals surface area contributed by atoms with Crippen molar-refractivity contribution in [1.29, 1.82) is 5.26 Å². The van der Waals surface area contributed by atoms with E-state index in [1.165, 1.54) is 13.2 Å². The van der Waals surface area contributed by atoms with Gasteiger partial charge >= 0.3 is 11.7 Å². The van der Waals surface area contributed by atoms with Crippen LogP contribution in [-0.4, -0.2) is 24.6 Å². The number of benzene rings is 2. The van der Waals surface area contributed by atoms with Crippen LogP contribution in [0.25, 0.3) is 6.08 Å². The van der Waals surface area contributed by atoms with E-state index in [4.69, 9.17) is 19.5 Å². The number of carbonyl (C=O) groups excluding carboxylic acids is 1. The molecule has 0 unspecified atom stereocenters. The van der Waals surface area contributed by atoms with Crippen molar-refractivity contribution < 1.29 is 28.3 Å². The van der Waals surface area contributed by atoms with Gasteiger partial charge in [0.25, 0.3) is 0 Å². The number of rotatable bonds is 8. The first-order chi connectivity index (χ1) is 13.9. The first kappa shape index (κ1) is 21.4. The standard InChI is InChI=1S/C20H17FN2O6/c1-3-28-20(24)14(11-22)8-13-4-7-18(27-2)15(9-13)12-29-19-10-16(21)5-6-17(19)23(25)26/h4-10H,3,12H2,1-2H3. The number of nitro benzene ring substituents is 1. The maximum Gasteiger partial charge on any atom is 0.348 e. The maximum atomic E-state index is 13.5. The summed E-state index contributed by atoms with van der Waals surface area (Å²) >= 11 is 0. The molecule has 29 heavy (non-hydrogen) atoms. The normalized spacial score (nSPS) is 10.8. The van der Waals surface area contributed by atoms with Gasteiger partial charge in [-0.05, 0) is 36.8 Å². The number of nitrogens with zero attached hydrogens (tertiary/aromatic N) is 2. The number of halogens is 1. The van der Waals surface area contributed by atoms with Crippen LogP contribution in [0.4, 0.5) is 10.1 Å². The highest BCUT2D eigenvalue weighted by atomic mass is 19.1. The van der Waals surface area contributed by atoms with Gasteiger partial charge in [-0.1, -0.05) is 6.07 Å². The quantitative estimate of drug-likeness (QED) is 0.218. The van der Waals surface area contributed by atoms with Crippen molar-refractivity contribution in [3.63, 3.8) is 0 Å². The minimum Gasteiger partial charge on any atom is -0.496 e. The lowest BCUT2D eigenvalue weighted by atomic mass is 10.1. The summed E-state index contributed by atoms with van der Waals surface area (Å²) in [5.74, 6) is -1.25. The Bertz CT molecular complexity index is 997. The second-order valence-corrected chi connectivity index (χ2v) is 5.62. The number of hydrogen-bond acceptors (Lipinski definition) is 7. The van der Waals surface area contributed by atoms with Gasteiger partial charge in [0.15, 0.2) is 5.75 Å². The van der Waals surface area contributed by atoms with Crippen LogP contribution < -0.4 is 9.47 Å². The Morgan fingerprint density at radius 1 is 1.28 bits per heavy atom. The zero-order chi connectivity index (χ0) is 21.4. The monoisotopic (exact) mass is 400 g/mol. The molecule has 0 aromatic heterocycles. The highest BCUT2D eigenvalue weighted by molar-refractivity contribution is 5.97. The molecular formula is C20H17FN2O6. The van der Waals surface area contributed by atoms with Gasteiger partial charge in [0.1, 0.15) is 29.8 Å². The van der Waals surface area contributed by atoms with Crippen LogP contribution in [0.1, 0.15) is 18.1 Å². The summed E-state index contributed by atoms with van der Waals surface area (Å²) in [5.41, 5.74) is 0.392. The minimum atomic E-state index is -0.751. The van der Waals surface area contributed by atoms with Gasteiger partial charge in [-0.15, -0.1) is 0 Å². The maximum absolute atomic E-state index is 13.5. The molecule has 0 saturated carbocycles. The van der Waals surface area contributed by atoms with Crippen LogP contribution in [-0.2, 0) is 16.1 Å². The summed E-state index contributed by atoms with van der Waals surface area (Å²) < 4.78 is 29.0. The Morgan fingerprint density at radius 2 is 2.03 bits per heavy atom. The first-order valence-corrected chi connectivity index (χ1v) is 8.42. The molecule has 8 nitrogen and oxygen atoms in total.